The Balaban J connectivity index is 1.16. The summed E-state index contributed by atoms with van der Waals surface area (Å²) in [5.41, 5.74) is 2.19. The first kappa shape index (κ1) is 36.7. The number of rotatable bonds is 7. The lowest BCUT2D eigenvalue weighted by molar-refractivity contribution is 0.0985. The van der Waals surface area contributed by atoms with Crippen molar-refractivity contribution in [3.8, 4) is 17.2 Å². The van der Waals surface area contributed by atoms with Crippen molar-refractivity contribution in [3.05, 3.63) is 204 Å². The highest BCUT2D eigenvalue weighted by Gasteiger charge is 2.46. The second-order valence-electron chi connectivity index (χ2n) is 14.3. The smallest absolute Gasteiger partial charge is 0.422 e. The first-order valence-corrected chi connectivity index (χ1v) is 21.0. The third-order valence-corrected chi connectivity index (χ3v) is 13.6. The number of carbonyl (C=O) groups excluding carboxylic acids is 2. The molecule has 0 aromatic heterocycles. The largest absolute Gasteiger partial charge is 0.424 e. The molecule has 12 heteroatoms. The molecule has 6 aromatic carbocycles. The van der Waals surface area contributed by atoms with Crippen LogP contribution in [0.4, 0.5) is 20.2 Å². The van der Waals surface area contributed by atoms with Crippen molar-refractivity contribution in [1.82, 2.24) is 0 Å². The predicted octanol–water partition coefficient (Wildman–Crippen LogP) is 12.5. The Morgan fingerprint density at radius 2 is 1.19 bits per heavy atom. The molecule has 8 nitrogen and oxygen atoms in total. The Morgan fingerprint density at radius 1 is 0.627 bits per heavy atom. The van der Waals surface area contributed by atoms with Gasteiger partial charge in [0.1, 0.15) is 34.6 Å². The van der Waals surface area contributed by atoms with E-state index in [4.69, 9.17) is 18.1 Å². The minimum atomic E-state index is -2.21. The van der Waals surface area contributed by atoms with Crippen molar-refractivity contribution in [2.45, 2.75) is 6.92 Å². The second-order valence-corrected chi connectivity index (χ2v) is 16.8. The van der Waals surface area contributed by atoms with Gasteiger partial charge in [-0.3, -0.25) is 9.59 Å². The van der Waals surface area contributed by atoms with E-state index in [1.807, 2.05) is 54.6 Å². The molecule has 2 heterocycles. The summed E-state index contributed by atoms with van der Waals surface area (Å²) in [6.45, 7) is 2.12. The standard InChI is InChI=1S/C47H32F2N2O6P2/c1-47-29-9-8-11-31(47)18-28-42(57-59-51(35-25-21-33(49)22-26-35)46(53)38-14-5-7-16-40(38)55-59)44(47)43-36-12-3-2-10-30(36)17-27-41(43)56-58-50(34-23-19-32(48)20-24-34)45(52)37-13-4-6-15-39(37)54-58/h2-29,31H,1H3. The van der Waals surface area contributed by atoms with E-state index in [-0.39, 0.29) is 17.7 Å². The third kappa shape index (κ3) is 6.36. The molecule has 2 aliphatic heterocycles. The Kier molecular flexibility index (Phi) is 9.12. The zero-order valence-corrected chi connectivity index (χ0v) is 33.0. The van der Waals surface area contributed by atoms with Gasteiger partial charge < -0.3 is 18.1 Å². The average Bonchev–Trinajstić information content (AvgIpc) is 3.25. The zero-order valence-electron chi connectivity index (χ0n) is 31.2. The summed E-state index contributed by atoms with van der Waals surface area (Å²) < 4.78 is 58.4. The number of nitrogens with zero attached hydrogens (tertiary/aromatic N) is 2. The van der Waals surface area contributed by atoms with Gasteiger partial charge in [-0.2, -0.15) is 0 Å². The fourth-order valence-electron chi connectivity index (χ4n) is 7.81. The van der Waals surface area contributed by atoms with E-state index >= 15 is 0 Å². The highest BCUT2D eigenvalue weighted by Crippen LogP contribution is 2.60. The summed E-state index contributed by atoms with van der Waals surface area (Å²) in [6, 6.07) is 36.9. The zero-order chi connectivity index (χ0) is 40.3. The maximum absolute atomic E-state index is 14.3. The van der Waals surface area contributed by atoms with Gasteiger partial charge in [-0.1, -0.05) is 91.9 Å². The molecular weight excluding hydrogens is 788 g/mol. The molecule has 0 saturated heterocycles. The minimum absolute atomic E-state index is 0.113. The molecule has 0 fully saturated rings. The number of benzene rings is 6. The fraction of sp³-hybridized carbons (Fsp3) is 0.0638. The molecule has 0 N–H and O–H groups in total. The summed E-state index contributed by atoms with van der Waals surface area (Å²) in [5.74, 6) is -0.166. The summed E-state index contributed by atoms with van der Waals surface area (Å²) in [4.78, 5) is 28.5. The summed E-state index contributed by atoms with van der Waals surface area (Å²) in [6.07, 6.45) is 12.2. The first-order chi connectivity index (χ1) is 28.8. The van der Waals surface area contributed by atoms with E-state index in [1.54, 1.807) is 48.5 Å². The summed E-state index contributed by atoms with van der Waals surface area (Å²) >= 11 is 0. The summed E-state index contributed by atoms with van der Waals surface area (Å²) in [5, 5.41) is 1.75. The van der Waals surface area contributed by atoms with Crippen LogP contribution < -0.4 is 22.9 Å². The molecule has 0 radical (unpaired) electrons. The van der Waals surface area contributed by atoms with Crippen LogP contribution in [0, 0.1) is 23.0 Å². The van der Waals surface area contributed by atoms with E-state index in [0.29, 0.717) is 51.1 Å². The number of carbonyl (C=O) groups is 2. The average molecular weight is 821 g/mol. The molecule has 0 bridgehead atoms. The molecule has 4 atom stereocenters. The van der Waals surface area contributed by atoms with Crippen molar-refractivity contribution >= 4 is 56.6 Å². The van der Waals surface area contributed by atoms with Crippen molar-refractivity contribution in [2.24, 2.45) is 11.3 Å². The van der Waals surface area contributed by atoms with E-state index in [9.17, 15) is 18.4 Å². The quantitative estimate of drug-likeness (QED) is 0.149. The lowest BCUT2D eigenvalue weighted by atomic mass is 9.64. The van der Waals surface area contributed by atoms with Crippen LogP contribution in [0.15, 0.2) is 176 Å². The maximum Gasteiger partial charge on any atom is 0.424 e. The highest BCUT2D eigenvalue weighted by atomic mass is 31.2. The SMILES string of the molecule is CC12C=CC=CC1C=CC(OP1Oc3ccccc3C(=O)N1c1ccc(F)cc1)=C2c1c(OP2Oc3ccccc3C(=O)N2c2ccc(F)cc2)ccc2ccccc12. The number of halogens is 2. The molecular formula is C47H32F2N2O6P2. The van der Waals surface area contributed by atoms with E-state index < -0.39 is 34.1 Å². The molecule has 10 rings (SSSR count). The number of hydrogen-bond donors (Lipinski definition) is 0. The van der Waals surface area contributed by atoms with Crippen LogP contribution in [0.25, 0.3) is 16.3 Å². The van der Waals surface area contributed by atoms with Crippen LogP contribution in [0.3, 0.4) is 0 Å². The van der Waals surface area contributed by atoms with Gasteiger partial charge >= 0.3 is 17.1 Å². The molecule has 290 valence electrons. The number of fused-ring (bicyclic) bond motifs is 4. The van der Waals surface area contributed by atoms with Crippen LogP contribution in [0.2, 0.25) is 0 Å². The van der Waals surface area contributed by atoms with Crippen molar-refractivity contribution in [3.63, 3.8) is 0 Å². The number of para-hydroxylation sites is 2. The van der Waals surface area contributed by atoms with E-state index in [2.05, 4.69) is 25.2 Å². The molecule has 4 unspecified atom stereocenters. The third-order valence-electron chi connectivity index (χ3n) is 10.7. The molecule has 6 aromatic rings. The van der Waals surface area contributed by atoms with Gasteiger partial charge in [-0.15, -0.1) is 0 Å². The highest BCUT2D eigenvalue weighted by molar-refractivity contribution is 7.51. The lowest BCUT2D eigenvalue weighted by Gasteiger charge is -2.42. The monoisotopic (exact) mass is 820 g/mol. The van der Waals surface area contributed by atoms with Crippen molar-refractivity contribution in [2.75, 3.05) is 9.34 Å². The molecule has 2 amide bonds. The van der Waals surface area contributed by atoms with Crippen LogP contribution in [-0.4, -0.2) is 11.8 Å². The van der Waals surface area contributed by atoms with Gasteiger partial charge in [-0.05, 0) is 95.7 Å². The predicted molar refractivity (Wildman–Crippen MR) is 226 cm³/mol. The van der Waals surface area contributed by atoms with Gasteiger partial charge in [-0.25, -0.2) is 18.1 Å². The van der Waals surface area contributed by atoms with Gasteiger partial charge in [0.2, 0.25) is 0 Å². The second kappa shape index (κ2) is 14.7. The molecule has 0 saturated carbocycles. The number of amides is 2. The fourth-order valence-corrected chi connectivity index (χ4v) is 10.7. The molecule has 2 aliphatic carbocycles. The molecule has 4 aliphatic rings. The number of hydrogen-bond acceptors (Lipinski definition) is 6. The Hall–Kier alpha value is -6.60. The number of anilines is 2. The van der Waals surface area contributed by atoms with E-state index in [0.717, 1.165) is 16.3 Å². The number of allylic oxidation sites excluding steroid dienone is 7. The normalized spacial score (nSPS) is 21.7. The van der Waals surface area contributed by atoms with Crippen LogP contribution >= 0.6 is 17.1 Å². The van der Waals surface area contributed by atoms with Crippen LogP contribution in [0.1, 0.15) is 33.2 Å². The topological polar surface area (TPSA) is 77.5 Å². The van der Waals surface area contributed by atoms with Crippen molar-refractivity contribution < 1.29 is 36.5 Å². The van der Waals surface area contributed by atoms with Gasteiger partial charge in [0, 0.05) is 22.5 Å². The van der Waals surface area contributed by atoms with Crippen LogP contribution in [-0.2, 0) is 4.52 Å². The molecule has 59 heavy (non-hydrogen) atoms. The van der Waals surface area contributed by atoms with Crippen molar-refractivity contribution in [1.29, 1.82) is 0 Å². The maximum atomic E-state index is 14.3. The Labute approximate surface area is 340 Å². The minimum Gasteiger partial charge on any atom is -0.422 e. The van der Waals surface area contributed by atoms with Gasteiger partial charge in [0.05, 0.1) is 22.5 Å². The Bertz CT molecular complexity index is 2810. The summed E-state index contributed by atoms with van der Waals surface area (Å²) in [7, 11) is -4.43. The van der Waals surface area contributed by atoms with Crippen LogP contribution in [0.5, 0.6) is 17.2 Å². The first-order valence-electron chi connectivity index (χ1n) is 18.8. The van der Waals surface area contributed by atoms with Gasteiger partial charge in [0.15, 0.2) is 0 Å². The van der Waals surface area contributed by atoms with E-state index in [1.165, 1.54) is 57.9 Å². The lowest BCUT2D eigenvalue weighted by Crippen LogP contribution is -2.34. The molecule has 0 spiro atoms. The Morgan fingerprint density at radius 3 is 1.81 bits per heavy atom. The van der Waals surface area contributed by atoms with Gasteiger partial charge in [0.25, 0.3) is 11.8 Å².